The van der Waals surface area contributed by atoms with E-state index < -0.39 is 16.0 Å². The number of carbonyl (C=O) groups is 1. The minimum absolute atomic E-state index is 0.135. The Morgan fingerprint density at radius 1 is 1.15 bits per heavy atom. The number of carboxylic acid groups (broad SMARTS) is 1. The summed E-state index contributed by atoms with van der Waals surface area (Å²) in [6, 6.07) is 13.6. The minimum Gasteiger partial charge on any atom is -0.481 e. The van der Waals surface area contributed by atoms with E-state index in [1.54, 1.807) is 42.5 Å². The highest BCUT2D eigenvalue weighted by atomic mass is 35.5. The van der Waals surface area contributed by atoms with Crippen LogP contribution >= 0.6 is 11.8 Å². The van der Waals surface area contributed by atoms with Gasteiger partial charge in [0.05, 0.1) is 10.6 Å². The number of benzene rings is 2. The Hall–Kier alpha value is -2.09. The van der Waals surface area contributed by atoms with Gasteiger partial charge in [0.15, 0.2) is 0 Å². The van der Waals surface area contributed by atoms with Crippen molar-refractivity contribution in [2.45, 2.75) is 30.7 Å². The zero-order valence-corrected chi connectivity index (χ0v) is 16.3. The molecule has 0 saturated carbocycles. The molecule has 2 aromatic rings. The first-order valence-corrected chi connectivity index (χ1v) is 10.5. The predicted octanol–water partition coefficient (Wildman–Crippen LogP) is 3.26. The molecule has 0 amide bonds. The maximum Gasteiger partial charge on any atom is 0.303 e. The molecule has 0 atom stereocenters. The summed E-state index contributed by atoms with van der Waals surface area (Å²) in [5.74, 6) is -0.802. The van der Waals surface area contributed by atoms with Crippen molar-refractivity contribution in [3.8, 4) is 0 Å². The van der Waals surface area contributed by atoms with Crippen molar-refractivity contribution < 1.29 is 18.3 Å². The molecule has 0 unspecified atom stereocenters. The fraction of sp³-hybridized carbons (Fsp3) is 0.316. The van der Waals surface area contributed by atoms with Crippen molar-refractivity contribution in [2.24, 2.45) is 0 Å². The number of aliphatic carboxylic acids is 1. The first-order valence-electron chi connectivity index (χ1n) is 8.70. The van der Waals surface area contributed by atoms with Crippen molar-refractivity contribution in [1.82, 2.24) is 4.90 Å². The number of fused-ring (bicyclic) bond motifs is 1. The van der Waals surface area contributed by atoms with Gasteiger partial charge in [0, 0.05) is 31.3 Å². The SMILES string of the molecule is O=C(O)CCCN1CCc2ccc(S(=O)(=O)N(Cl)c3ccccc3)cc2C1. The fourth-order valence-corrected chi connectivity index (χ4v) is 4.64. The largest absolute Gasteiger partial charge is 0.481 e. The summed E-state index contributed by atoms with van der Waals surface area (Å²) in [6.45, 7) is 2.12. The van der Waals surface area contributed by atoms with Crippen LogP contribution in [0.15, 0.2) is 53.4 Å². The third kappa shape index (κ3) is 4.61. The Bertz CT molecular complexity index is 919. The second-order valence-corrected chi connectivity index (χ2v) is 8.83. The van der Waals surface area contributed by atoms with Crippen LogP contribution in [0.4, 0.5) is 5.69 Å². The number of anilines is 1. The third-order valence-electron chi connectivity index (χ3n) is 4.60. The number of hydrogen-bond donors (Lipinski definition) is 1. The number of carboxylic acids is 1. The maximum atomic E-state index is 12.9. The van der Waals surface area contributed by atoms with Gasteiger partial charge in [-0.2, -0.15) is 12.2 Å². The van der Waals surface area contributed by atoms with Crippen molar-refractivity contribution >= 4 is 33.5 Å². The Morgan fingerprint density at radius 3 is 2.59 bits per heavy atom. The molecule has 144 valence electrons. The molecule has 0 radical (unpaired) electrons. The molecule has 1 N–H and O–H groups in total. The molecule has 1 aliphatic rings. The van der Waals surface area contributed by atoms with Crippen LogP contribution in [-0.4, -0.2) is 37.5 Å². The normalized spacial score (nSPS) is 14.6. The fourth-order valence-electron chi connectivity index (χ4n) is 3.17. The summed E-state index contributed by atoms with van der Waals surface area (Å²) in [5, 5.41) is 8.77. The second kappa shape index (κ2) is 8.29. The molecule has 27 heavy (non-hydrogen) atoms. The molecule has 0 saturated heterocycles. The zero-order chi connectivity index (χ0) is 19.4. The summed E-state index contributed by atoms with van der Waals surface area (Å²) in [7, 11) is -3.87. The van der Waals surface area contributed by atoms with Gasteiger partial charge in [0.2, 0.25) is 0 Å². The quantitative estimate of drug-likeness (QED) is 0.711. The van der Waals surface area contributed by atoms with Gasteiger partial charge in [-0.1, -0.05) is 24.3 Å². The van der Waals surface area contributed by atoms with E-state index in [-0.39, 0.29) is 11.3 Å². The number of halogens is 1. The number of sulfonamides is 1. The Labute approximate surface area is 164 Å². The van der Waals surface area contributed by atoms with Gasteiger partial charge in [-0.15, -0.1) is 0 Å². The van der Waals surface area contributed by atoms with Gasteiger partial charge in [0.1, 0.15) is 0 Å². The molecule has 2 aromatic carbocycles. The molecule has 0 aromatic heterocycles. The van der Waals surface area contributed by atoms with E-state index >= 15 is 0 Å². The van der Waals surface area contributed by atoms with E-state index in [0.717, 1.165) is 27.9 Å². The lowest BCUT2D eigenvalue weighted by Crippen LogP contribution is -2.32. The predicted molar refractivity (Wildman–Crippen MR) is 104 cm³/mol. The molecule has 6 nitrogen and oxygen atoms in total. The number of nitrogens with zero attached hydrogens (tertiary/aromatic N) is 2. The molecular formula is C19H21ClN2O4S. The summed E-state index contributed by atoms with van der Waals surface area (Å²) in [4.78, 5) is 13.0. The van der Waals surface area contributed by atoms with Crippen LogP contribution in [0.25, 0.3) is 0 Å². The molecule has 3 rings (SSSR count). The lowest BCUT2D eigenvalue weighted by molar-refractivity contribution is -0.137. The van der Waals surface area contributed by atoms with Crippen LogP contribution in [0.3, 0.4) is 0 Å². The lowest BCUT2D eigenvalue weighted by Gasteiger charge is -2.29. The Kier molecular flexibility index (Phi) is 6.04. The first kappa shape index (κ1) is 19.7. The smallest absolute Gasteiger partial charge is 0.303 e. The van der Waals surface area contributed by atoms with Crippen LogP contribution in [0, 0.1) is 0 Å². The van der Waals surface area contributed by atoms with Crippen LogP contribution in [0.1, 0.15) is 24.0 Å². The highest BCUT2D eigenvalue weighted by Gasteiger charge is 2.26. The highest BCUT2D eigenvalue weighted by Crippen LogP contribution is 2.28. The number of para-hydroxylation sites is 1. The van der Waals surface area contributed by atoms with Crippen LogP contribution in [0.5, 0.6) is 0 Å². The molecule has 0 aliphatic carbocycles. The Balaban J connectivity index is 1.78. The second-order valence-electron chi connectivity index (χ2n) is 6.51. The highest BCUT2D eigenvalue weighted by molar-refractivity contribution is 7.94. The van der Waals surface area contributed by atoms with E-state index in [0.29, 0.717) is 25.2 Å². The van der Waals surface area contributed by atoms with Gasteiger partial charge >= 0.3 is 5.97 Å². The Morgan fingerprint density at radius 2 is 1.89 bits per heavy atom. The summed E-state index contributed by atoms with van der Waals surface area (Å²) in [6.07, 6.45) is 1.52. The van der Waals surface area contributed by atoms with Gasteiger partial charge in [0.25, 0.3) is 10.0 Å². The molecular weight excluding hydrogens is 388 g/mol. The van der Waals surface area contributed by atoms with Crippen molar-refractivity contribution in [1.29, 1.82) is 0 Å². The van der Waals surface area contributed by atoms with Crippen molar-refractivity contribution in [3.05, 3.63) is 59.7 Å². The summed E-state index contributed by atoms with van der Waals surface area (Å²) in [5.41, 5.74) is 2.44. The van der Waals surface area contributed by atoms with E-state index in [1.165, 1.54) is 0 Å². The molecule has 1 heterocycles. The standard InChI is InChI=1S/C19H21ClN2O4S/c20-22(17-5-2-1-3-6-17)27(25,26)18-9-8-15-10-12-21(14-16(15)13-18)11-4-7-19(23)24/h1-3,5-6,8-9,13H,4,7,10-12,14H2,(H,23,24). The average Bonchev–Trinajstić information content (AvgIpc) is 2.67. The van der Waals surface area contributed by atoms with Crippen molar-refractivity contribution in [2.75, 3.05) is 16.9 Å². The summed E-state index contributed by atoms with van der Waals surface area (Å²) >= 11 is 6.12. The van der Waals surface area contributed by atoms with Gasteiger partial charge < -0.3 is 5.11 Å². The van der Waals surface area contributed by atoms with E-state index in [2.05, 4.69) is 4.90 Å². The number of hydrogen-bond acceptors (Lipinski definition) is 4. The number of rotatable bonds is 7. The average molecular weight is 409 g/mol. The van der Waals surface area contributed by atoms with E-state index in [1.807, 2.05) is 6.07 Å². The van der Waals surface area contributed by atoms with Crippen LogP contribution in [0.2, 0.25) is 0 Å². The minimum atomic E-state index is -3.87. The maximum absolute atomic E-state index is 12.9. The van der Waals surface area contributed by atoms with E-state index in [9.17, 15) is 13.2 Å². The van der Waals surface area contributed by atoms with Gasteiger partial charge in [-0.25, -0.2) is 0 Å². The van der Waals surface area contributed by atoms with Crippen LogP contribution in [-0.2, 0) is 27.8 Å². The van der Waals surface area contributed by atoms with E-state index in [4.69, 9.17) is 16.9 Å². The van der Waals surface area contributed by atoms with Gasteiger partial charge in [-0.3, -0.25) is 9.69 Å². The zero-order valence-electron chi connectivity index (χ0n) is 14.7. The van der Waals surface area contributed by atoms with Crippen molar-refractivity contribution in [3.63, 3.8) is 0 Å². The third-order valence-corrected chi connectivity index (χ3v) is 6.82. The molecule has 0 fully saturated rings. The topological polar surface area (TPSA) is 77.9 Å². The monoisotopic (exact) mass is 408 g/mol. The molecule has 0 spiro atoms. The van der Waals surface area contributed by atoms with Crippen LogP contribution < -0.4 is 3.82 Å². The molecule has 0 bridgehead atoms. The molecule has 1 aliphatic heterocycles. The molecule has 8 heteroatoms. The van der Waals surface area contributed by atoms with Gasteiger partial charge in [-0.05, 0) is 54.8 Å². The first-order chi connectivity index (χ1) is 12.9. The lowest BCUT2D eigenvalue weighted by atomic mass is 10.00. The summed E-state index contributed by atoms with van der Waals surface area (Å²) < 4.78 is 26.5.